The van der Waals surface area contributed by atoms with Gasteiger partial charge in [-0.3, -0.25) is 14.4 Å². The number of hydrogen-bond acceptors (Lipinski definition) is 4. The van der Waals surface area contributed by atoms with Crippen LogP contribution < -0.4 is 0 Å². The number of methoxy groups -OCH3 is 1. The molecule has 1 saturated heterocycles. The van der Waals surface area contributed by atoms with Crippen molar-refractivity contribution in [3.05, 3.63) is 16.4 Å². The lowest BCUT2D eigenvalue weighted by atomic mass is 9.97. The summed E-state index contributed by atoms with van der Waals surface area (Å²) in [6.07, 6.45) is 1.70. The predicted molar refractivity (Wildman–Crippen MR) is 77.7 cm³/mol. The zero-order chi connectivity index (χ0) is 14.7. The van der Waals surface area contributed by atoms with Gasteiger partial charge in [-0.25, -0.2) is 0 Å². The van der Waals surface area contributed by atoms with Gasteiger partial charge < -0.3 is 4.74 Å². The van der Waals surface area contributed by atoms with E-state index in [0.717, 1.165) is 55.4 Å². The molecular formula is C14H22ClN3O2. The Morgan fingerprint density at radius 2 is 2.10 bits per heavy atom. The molecule has 0 spiro atoms. The number of carbonyl (C=O) groups excluding carboxylic acids is 1. The van der Waals surface area contributed by atoms with Crippen molar-refractivity contribution >= 4 is 17.6 Å². The smallest absolute Gasteiger partial charge is 0.308 e. The first-order chi connectivity index (χ1) is 9.56. The third-order valence-electron chi connectivity index (χ3n) is 3.95. The van der Waals surface area contributed by atoms with Gasteiger partial charge in [0.1, 0.15) is 0 Å². The Morgan fingerprint density at radius 1 is 1.45 bits per heavy atom. The summed E-state index contributed by atoms with van der Waals surface area (Å²) in [5, 5.41) is 5.20. The number of rotatable bonds is 4. The van der Waals surface area contributed by atoms with Gasteiger partial charge >= 0.3 is 5.97 Å². The van der Waals surface area contributed by atoms with Crippen molar-refractivity contribution in [3.63, 3.8) is 0 Å². The molecule has 0 bridgehead atoms. The fourth-order valence-corrected chi connectivity index (χ4v) is 2.92. The summed E-state index contributed by atoms with van der Waals surface area (Å²) < 4.78 is 6.77. The summed E-state index contributed by atoms with van der Waals surface area (Å²) in [7, 11) is 1.46. The van der Waals surface area contributed by atoms with Crippen molar-refractivity contribution in [2.24, 2.45) is 5.92 Å². The molecule has 0 saturated carbocycles. The Morgan fingerprint density at radius 3 is 2.65 bits per heavy atom. The zero-order valence-electron chi connectivity index (χ0n) is 12.4. The maximum Gasteiger partial charge on any atom is 0.308 e. The third-order valence-corrected chi connectivity index (χ3v) is 4.44. The van der Waals surface area contributed by atoms with Crippen LogP contribution in [0.2, 0.25) is 5.02 Å². The summed E-state index contributed by atoms with van der Waals surface area (Å²) in [5.74, 6) is -0.0401. The van der Waals surface area contributed by atoms with E-state index in [1.807, 2.05) is 11.6 Å². The second-order valence-electron chi connectivity index (χ2n) is 5.24. The van der Waals surface area contributed by atoms with Crippen LogP contribution in [0.25, 0.3) is 0 Å². The van der Waals surface area contributed by atoms with Crippen LogP contribution in [0.3, 0.4) is 0 Å². The SMILES string of the molecule is CCn1nc(C)c(Cl)c1CN1CCC(C(=O)OC)CC1. The van der Waals surface area contributed by atoms with Gasteiger partial charge in [-0.1, -0.05) is 11.6 Å². The first-order valence-corrected chi connectivity index (χ1v) is 7.46. The summed E-state index contributed by atoms with van der Waals surface area (Å²) >= 11 is 6.33. The normalized spacial score (nSPS) is 17.4. The molecule has 0 amide bonds. The molecule has 1 aliphatic rings. The van der Waals surface area contributed by atoms with E-state index in [-0.39, 0.29) is 11.9 Å². The topological polar surface area (TPSA) is 47.4 Å². The molecule has 1 fully saturated rings. The number of likely N-dealkylation sites (tertiary alicyclic amines) is 1. The Balaban J connectivity index is 1.98. The number of nitrogens with zero attached hydrogens (tertiary/aromatic N) is 3. The molecule has 112 valence electrons. The highest BCUT2D eigenvalue weighted by molar-refractivity contribution is 6.31. The van der Waals surface area contributed by atoms with Crippen LogP contribution in [0.15, 0.2) is 0 Å². The Labute approximate surface area is 124 Å². The average molecular weight is 300 g/mol. The van der Waals surface area contributed by atoms with Crippen molar-refractivity contribution in [1.29, 1.82) is 0 Å². The van der Waals surface area contributed by atoms with Crippen LogP contribution in [-0.4, -0.2) is 40.8 Å². The van der Waals surface area contributed by atoms with Crippen LogP contribution in [0, 0.1) is 12.8 Å². The van der Waals surface area contributed by atoms with Crippen LogP contribution in [-0.2, 0) is 22.6 Å². The van der Waals surface area contributed by atoms with Crippen molar-refractivity contribution in [2.75, 3.05) is 20.2 Å². The minimum absolute atomic E-state index is 0.0459. The molecule has 2 heterocycles. The molecule has 6 heteroatoms. The van der Waals surface area contributed by atoms with Crippen molar-refractivity contribution < 1.29 is 9.53 Å². The van der Waals surface area contributed by atoms with E-state index in [4.69, 9.17) is 16.3 Å². The Bertz CT molecular complexity index is 479. The highest BCUT2D eigenvalue weighted by Crippen LogP contribution is 2.25. The fraction of sp³-hybridized carbons (Fsp3) is 0.714. The molecule has 1 aromatic rings. The van der Waals surface area contributed by atoms with Gasteiger partial charge in [0.25, 0.3) is 0 Å². The fourth-order valence-electron chi connectivity index (χ4n) is 2.73. The number of hydrogen-bond donors (Lipinski definition) is 0. The van der Waals surface area contributed by atoms with Gasteiger partial charge in [0.05, 0.1) is 29.4 Å². The molecule has 20 heavy (non-hydrogen) atoms. The minimum Gasteiger partial charge on any atom is -0.469 e. The number of aryl methyl sites for hydroxylation is 2. The van der Waals surface area contributed by atoms with Gasteiger partial charge in [-0.2, -0.15) is 5.10 Å². The molecule has 0 unspecified atom stereocenters. The number of carbonyl (C=O) groups is 1. The first-order valence-electron chi connectivity index (χ1n) is 7.08. The molecule has 0 aromatic carbocycles. The van der Waals surface area contributed by atoms with E-state index in [1.54, 1.807) is 0 Å². The number of piperidine rings is 1. The summed E-state index contributed by atoms with van der Waals surface area (Å²) in [6, 6.07) is 0. The molecular weight excluding hydrogens is 278 g/mol. The van der Waals surface area contributed by atoms with Crippen molar-refractivity contribution in [3.8, 4) is 0 Å². The standard InChI is InChI=1S/C14H22ClN3O2/c1-4-18-12(13(15)10(2)16-18)9-17-7-5-11(6-8-17)14(19)20-3/h11H,4-9H2,1-3H3. The highest BCUT2D eigenvalue weighted by atomic mass is 35.5. The second kappa shape index (κ2) is 6.59. The Hall–Kier alpha value is -1.07. The summed E-state index contributed by atoms with van der Waals surface area (Å²) in [5.41, 5.74) is 1.95. The largest absolute Gasteiger partial charge is 0.469 e. The average Bonchev–Trinajstić information content (AvgIpc) is 2.75. The maximum atomic E-state index is 11.5. The van der Waals surface area contributed by atoms with Crippen molar-refractivity contribution in [1.82, 2.24) is 14.7 Å². The maximum absolute atomic E-state index is 11.5. The molecule has 1 aromatic heterocycles. The summed E-state index contributed by atoms with van der Waals surface area (Å²) in [4.78, 5) is 13.8. The van der Waals surface area contributed by atoms with Gasteiger partial charge in [0.2, 0.25) is 0 Å². The van der Waals surface area contributed by atoms with E-state index < -0.39 is 0 Å². The van der Waals surface area contributed by atoms with Crippen LogP contribution in [0.4, 0.5) is 0 Å². The number of aromatic nitrogens is 2. The van der Waals surface area contributed by atoms with E-state index in [9.17, 15) is 4.79 Å². The minimum atomic E-state index is -0.0860. The molecule has 1 aliphatic heterocycles. The first kappa shape index (κ1) is 15.3. The molecule has 0 radical (unpaired) electrons. The van der Waals surface area contributed by atoms with Gasteiger partial charge in [-0.05, 0) is 39.8 Å². The van der Waals surface area contributed by atoms with Crippen LogP contribution >= 0.6 is 11.6 Å². The van der Waals surface area contributed by atoms with E-state index in [2.05, 4.69) is 16.9 Å². The lowest BCUT2D eigenvalue weighted by molar-refractivity contribution is -0.147. The monoisotopic (exact) mass is 299 g/mol. The van der Waals surface area contributed by atoms with Gasteiger partial charge in [-0.15, -0.1) is 0 Å². The lowest BCUT2D eigenvalue weighted by Gasteiger charge is -2.30. The number of esters is 1. The molecule has 5 nitrogen and oxygen atoms in total. The number of ether oxygens (including phenoxy) is 1. The molecule has 2 rings (SSSR count). The third kappa shape index (κ3) is 3.15. The van der Waals surface area contributed by atoms with E-state index in [1.165, 1.54) is 7.11 Å². The van der Waals surface area contributed by atoms with Crippen LogP contribution in [0.1, 0.15) is 31.2 Å². The van der Waals surface area contributed by atoms with Gasteiger partial charge in [0, 0.05) is 13.1 Å². The van der Waals surface area contributed by atoms with E-state index in [0.29, 0.717) is 0 Å². The zero-order valence-corrected chi connectivity index (χ0v) is 13.1. The number of halogens is 1. The predicted octanol–water partition coefficient (Wildman–Crippen LogP) is 2.25. The summed E-state index contributed by atoms with van der Waals surface area (Å²) in [6.45, 7) is 7.40. The molecule has 0 aliphatic carbocycles. The quantitative estimate of drug-likeness (QED) is 0.800. The highest BCUT2D eigenvalue weighted by Gasteiger charge is 2.26. The second-order valence-corrected chi connectivity index (χ2v) is 5.61. The molecule has 0 atom stereocenters. The lowest BCUT2D eigenvalue weighted by Crippen LogP contribution is -2.36. The van der Waals surface area contributed by atoms with Gasteiger partial charge in [0.15, 0.2) is 0 Å². The van der Waals surface area contributed by atoms with Crippen LogP contribution in [0.5, 0.6) is 0 Å². The van der Waals surface area contributed by atoms with E-state index >= 15 is 0 Å². The molecule has 0 N–H and O–H groups in total. The van der Waals surface area contributed by atoms with Crippen molar-refractivity contribution in [2.45, 2.75) is 39.8 Å². The Kier molecular flexibility index (Phi) is 5.05.